The molecule has 1 aliphatic heterocycles. The fraction of sp³-hybridized carbons (Fsp3) is 0.333. The number of aliphatic imine (C=N–C) groups is 1. The van der Waals surface area contributed by atoms with Gasteiger partial charge in [0.1, 0.15) is 19.0 Å². The van der Waals surface area contributed by atoms with E-state index in [9.17, 15) is 14.4 Å². The molecule has 0 unspecified atom stereocenters. The fourth-order valence-electron chi connectivity index (χ4n) is 2.57. The lowest BCUT2D eigenvalue weighted by Crippen LogP contribution is -2.29. The first-order chi connectivity index (χ1) is 13.3. The highest BCUT2D eigenvalue weighted by Crippen LogP contribution is 2.28. The Labute approximate surface area is 161 Å². The third-order valence-corrected chi connectivity index (χ3v) is 3.84. The van der Waals surface area contributed by atoms with E-state index in [4.69, 9.17) is 22.0 Å². The smallest absolute Gasteiger partial charge is 0.404 e. The first kappa shape index (κ1) is 20.9. The summed E-state index contributed by atoms with van der Waals surface area (Å²) in [5.74, 6) is -0.527. The molecule has 1 aromatic carbocycles. The van der Waals surface area contributed by atoms with Crippen LogP contribution in [0.5, 0.6) is 0 Å². The van der Waals surface area contributed by atoms with Gasteiger partial charge in [-0.3, -0.25) is 14.4 Å². The molecule has 0 spiro atoms. The average Bonchev–Trinajstić information content (AvgIpc) is 2.78. The predicted octanol–water partition coefficient (Wildman–Crippen LogP) is 0.414. The molecule has 0 bridgehead atoms. The molecular formula is C18H23N5O5. The SMILES string of the molecule is NC(=O)CCCc1ccc2c(c1)N=C(N)CC(C(=O)NOCCOC(N)=O)=C2. The minimum absolute atomic E-state index is 0.0449. The lowest BCUT2D eigenvalue weighted by Gasteiger charge is -2.08. The number of hydrogen-bond acceptors (Lipinski definition) is 7. The number of benzene rings is 1. The van der Waals surface area contributed by atoms with E-state index in [1.165, 1.54) is 0 Å². The van der Waals surface area contributed by atoms with Crippen LogP contribution in [-0.2, 0) is 25.6 Å². The average molecular weight is 389 g/mol. The van der Waals surface area contributed by atoms with Crippen LogP contribution in [0.3, 0.4) is 0 Å². The van der Waals surface area contributed by atoms with E-state index in [2.05, 4.69) is 15.2 Å². The van der Waals surface area contributed by atoms with Crippen LogP contribution in [0.4, 0.5) is 10.5 Å². The lowest BCUT2D eigenvalue weighted by atomic mass is 10.0. The van der Waals surface area contributed by atoms with Gasteiger partial charge in [-0.1, -0.05) is 12.1 Å². The van der Waals surface area contributed by atoms with E-state index >= 15 is 0 Å². The number of hydroxylamine groups is 1. The third kappa shape index (κ3) is 6.72. The molecule has 0 aromatic heterocycles. The zero-order valence-electron chi connectivity index (χ0n) is 15.3. The van der Waals surface area contributed by atoms with Gasteiger partial charge in [0.25, 0.3) is 5.91 Å². The van der Waals surface area contributed by atoms with Crippen molar-refractivity contribution in [1.29, 1.82) is 0 Å². The molecule has 0 fully saturated rings. The Kier molecular flexibility index (Phi) is 7.52. The molecule has 1 aromatic rings. The van der Waals surface area contributed by atoms with E-state index in [1.54, 1.807) is 6.08 Å². The second-order valence-corrected chi connectivity index (χ2v) is 6.11. The molecule has 0 saturated carbocycles. The monoisotopic (exact) mass is 389 g/mol. The molecule has 2 rings (SSSR count). The van der Waals surface area contributed by atoms with Crippen molar-refractivity contribution >= 4 is 35.5 Å². The molecule has 0 saturated heterocycles. The molecule has 7 N–H and O–H groups in total. The normalized spacial score (nSPS) is 12.9. The Bertz CT molecular complexity index is 819. The van der Waals surface area contributed by atoms with Crippen LogP contribution in [0.15, 0.2) is 28.8 Å². The number of rotatable bonds is 9. The summed E-state index contributed by atoms with van der Waals surface area (Å²) in [7, 11) is 0. The van der Waals surface area contributed by atoms with Crippen molar-refractivity contribution in [2.45, 2.75) is 25.7 Å². The van der Waals surface area contributed by atoms with Gasteiger partial charge >= 0.3 is 6.09 Å². The molecule has 0 atom stereocenters. The minimum Gasteiger partial charge on any atom is -0.447 e. The number of amidine groups is 1. The standard InChI is InChI=1S/C18H23N5O5/c19-15-10-13(17(25)23-28-7-6-27-18(21)26)9-12-5-4-11(8-14(12)22-15)2-1-3-16(20)24/h4-5,8-9H,1-3,6-7,10H2,(H2,19,22)(H2,20,24)(H2,21,26)(H,23,25). The quantitative estimate of drug-likeness (QED) is 0.352. The van der Waals surface area contributed by atoms with Gasteiger partial charge in [-0.25, -0.2) is 15.3 Å². The van der Waals surface area contributed by atoms with E-state index in [0.29, 0.717) is 30.5 Å². The number of carbonyl (C=O) groups is 3. The maximum absolute atomic E-state index is 12.3. The highest BCUT2D eigenvalue weighted by molar-refractivity contribution is 6.05. The third-order valence-electron chi connectivity index (χ3n) is 3.84. The van der Waals surface area contributed by atoms with Crippen molar-refractivity contribution in [3.8, 4) is 0 Å². The molecule has 10 heteroatoms. The van der Waals surface area contributed by atoms with Crippen LogP contribution in [0.1, 0.15) is 30.4 Å². The predicted molar refractivity (Wildman–Crippen MR) is 102 cm³/mol. The zero-order valence-corrected chi connectivity index (χ0v) is 15.3. The minimum atomic E-state index is -0.920. The van der Waals surface area contributed by atoms with Crippen LogP contribution in [-0.4, -0.2) is 37.0 Å². The van der Waals surface area contributed by atoms with Crippen molar-refractivity contribution in [3.63, 3.8) is 0 Å². The number of hydrogen-bond donors (Lipinski definition) is 4. The van der Waals surface area contributed by atoms with E-state index in [-0.39, 0.29) is 31.4 Å². The first-order valence-electron chi connectivity index (χ1n) is 8.64. The number of amides is 3. The molecule has 10 nitrogen and oxygen atoms in total. The Morgan fingerprint density at radius 2 is 1.96 bits per heavy atom. The summed E-state index contributed by atoms with van der Waals surface area (Å²) < 4.78 is 4.49. The highest BCUT2D eigenvalue weighted by Gasteiger charge is 2.16. The van der Waals surface area contributed by atoms with Crippen molar-refractivity contribution in [2.24, 2.45) is 22.2 Å². The van der Waals surface area contributed by atoms with Gasteiger partial charge in [0.05, 0.1) is 5.69 Å². The number of ether oxygens (including phenoxy) is 1. The molecule has 28 heavy (non-hydrogen) atoms. The molecule has 0 radical (unpaired) electrons. The van der Waals surface area contributed by atoms with Crippen molar-refractivity contribution in [2.75, 3.05) is 13.2 Å². The number of primary amides is 2. The van der Waals surface area contributed by atoms with Crippen molar-refractivity contribution < 1.29 is 24.0 Å². The number of carbonyl (C=O) groups excluding carboxylic acids is 3. The largest absolute Gasteiger partial charge is 0.447 e. The molecule has 1 heterocycles. The second kappa shape index (κ2) is 10.1. The van der Waals surface area contributed by atoms with E-state index in [0.717, 1.165) is 11.1 Å². The molecule has 150 valence electrons. The molecule has 0 aliphatic carbocycles. The molecule has 1 aliphatic rings. The second-order valence-electron chi connectivity index (χ2n) is 6.11. The van der Waals surface area contributed by atoms with Gasteiger partial charge in [-0.2, -0.15) is 0 Å². The van der Waals surface area contributed by atoms with Gasteiger partial charge in [0.15, 0.2) is 0 Å². The lowest BCUT2D eigenvalue weighted by molar-refractivity contribution is -0.130. The first-order valence-corrected chi connectivity index (χ1v) is 8.64. The number of fused-ring (bicyclic) bond motifs is 1. The number of nitrogens with zero attached hydrogens (tertiary/aromatic N) is 1. The number of aryl methyl sites for hydroxylation is 1. The zero-order chi connectivity index (χ0) is 20.5. The summed E-state index contributed by atoms with van der Waals surface area (Å²) in [6.07, 6.45) is 2.56. The van der Waals surface area contributed by atoms with Gasteiger partial charge in [0, 0.05) is 24.0 Å². The Morgan fingerprint density at radius 1 is 1.18 bits per heavy atom. The van der Waals surface area contributed by atoms with E-state index in [1.807, 2.05) is 18.2 Å². The summed E-state index contributed by atoms with van der Waals surface area (Å²) in [6.45, 7) is -0.129. The number of nitrogens with one attached hydrogen (secondary N) is 1. The maximum Gasteiger partial charge on any atom is 0.404 e. The maximum atomic E-state index is 12.3. The van der Waals surface area contributed by atoms with Crippen LogP contribution in [0.25, 0.3) is 6.08 Å². The Balaban J connectivity index is 2.02. The Hall–Kier alpha value is -3.40. The Morgan fingerprint density at radius 3 is 2.68 bits per heavy atom. The van der Waals surface area contributed by atoms with E-state index < -0.39 is 12.0 Å². The van der Waals surface area contributed by atoms with Crippen LogP contribution >= 0.6 is 0 Å². The van der Waals surface area contributed by atoms with Crippen molar-refractivity contribution in [3.05, 3.63) is 34.9 Å². The number of nitrogens with two attached hydrogens (primary N) is 3. The highest BCUT2D eigenvalue weighted by atomic mass is 16.7. The van der Waals surface area contributed by atoms with Crippen LogP contribution < -0.4 is 22.7 Å². The summed E-state index contributed by atoms with van der Waals surface area (Å²) >= 11 is 0. The summed E-state index contributed by atoms with van der Waals surface area (Å²) in [4.78, 5) is 42.9. The topological polar surface area (TPSA) is 172 Å². The van der Waals surface area contributed by atoms with Gasteiger partial charge in [0.2, 0.25) is 5.91 Å². The fourth-order valence-corrected chi connectivity index (χ4v) is 2.57. The van der Waals surface area contributed by atoms with Gasteiger partial charge in [-0.15, -0.1) is 0 Å². The molecular weight excluding hydrogens is 366 g/mol. The summed E-state index contributed by atoms with van der Waals surface area (Å²) in [5, 5.41) is 0. The summed E-state index contributed by atoms with van der Waals surface area (Å²) in [5.41, 5.74) is 20.9. The van der Waals surface area contributed by atoms with Gasteiger partial charge in [-0.05, 0) is 30.5 Å². The van der Waals surface area contributed by atoms with Gasteiger partial charge < -0.3 is 21.9 Å². The molecule has 3 amide bonds. The van der Waals surface area contributed by atoms with Crippen LogP contribution in [0, 0.1) is 0 Å². The summed E-state index contributed by atoms with van der Waals surface area (Å²) in [6, 6.07) is 5.62. The van der Waals surface area contributed by atoms with Crippen LogP contribution in [0.2, 0.25) is 0 Å². The van der Waals surface area contributed by atoms with Crippen molar-refractivity contribution in [1.82, 2.24) is 5.48 Å².